The number of aromatic nitrogens is 4. The summed E-state index contributed by atoms with van der Waals surface area (Å²) in [5.74, 6) is 1.65. The topological polar surface area (TPSA) is 63.6 Å². The van der Waals surface area contributed by atoms with Crippen molar-refractivity contribution in [3.8, 4) is 5.95 Å². The molecule has 1 aliphatic heterocycles. The highest BCUT2D eigenvalue weighted by atomic mass is 32.2. The summed E-state index contributed by atoms with van der Waals surface area (Å²) in [6.07, 6.45) is 0.778. The van der Waals surface area contributed by atoms with E-state index in [2.05, 4.69) is 28.7 Å². The van der Waals surface area contributed by atoms with Crippen LogP contribution in [0.4, 0.5) is 13.2 Å². The van der Waals surface area contributed by atoms with E-state index < -0.39 is 11.7 Å². The summed E-state index contributed by atoms with van der Waals surface area (Å²) in [4.78, 5) is 9.05. The first-order chi connectivity index (χ1) is 14.7. The van der Waals surface area contributed by atoms with Gasteiger partial charge < -0.3 is 4.57 Å². The number of aliphatic imine (C=N–C) groups is 1. The highest BCUT2D eigenvalue weighted by Crippen LogP contribution is 2.29. The Morgan fingerprint density at radius 1 is 1.19 bits per heavy atom. The van der Waals surface area contributed by atoms with E-state index in [9.17, 15) is 13.2 Å². The molecule has 166 valence electrons. The first-order valence-corrected chi connectivity index (χ1v) is 10.7. The van der Waals surface area contributed by atoms with E-state index in [0.717, 1.165) is 41.6 Å². The number of hydrogen-bond donors (Lipinski definition) is 0. The molecule has 0 radical (unpaired) electrons. The molecule has 0 atom stereocenters. The van der Waals surface area contributed by atoms with Crippen molar-refractivity contribution < 1.29 is 13.2 Å². The van der Waals surface area contributed by atoms with Crippen molar-refractivity contribution in [3.05, 3.63) is 47.6 Å². The Bertz CT molecular complexity index is 1060. The highest BCUT2D eigenvalue weighted by molar-refractivity contribution is 7.99. The number of imidazole rings is 1. The number of hydrogen-bond acceptors (Lipinski definition) is 6. The molecule has 0 saturated heterocycles. The smallest absolute Gasteiger partial charge is 0.306 e. The Labute approximate surface area is 183 Å². The minimum Gasteiger partial charge on any atom is -0.306 e. The van der Waals surface area contributed by atoms with E-state index in [4.69, 9.17) is 4.98 Å². The van der Waals surface area contributed by atoms with Crippen LogP contribution in [0.5, 0.6) is 0 Å². The quantitative estimate of drug-likeness (QED) is 0.613. The predicted molar refractivity (Wildman–Crippen MR) is 117 cm³/mol. The zero-order valence-electron chi connectivity index (χ0n) is 17.8. The maximum Gasteiger partial charge on any atom is 0.418 e. The van der Waals surface area contributed by atoms with Crippen molar-refractivity contribution in [1.29, 1.82) is 0 Å². The maximum atomic E-state index is 13.1. The first kappa shape index (κ1) is 22.9. The van der Waals surface area contributed by atoms with Gasteiger partial charge in [0.15, 0.2) is 5.84 Å². The van der Waals surface area contributed by atoms with Crippen LogP contribution in [0, 0.1) is 0 Å². The second-order valence-corrected chi connectivity index (χ2v) is 8.10. The fraction of sp³-hybridized carbons (Fsp3) is 0.400. The van der Waals surface area contributed by atoms with E-state index in [1.165, 1.54) is 12.1 Å². The zero-order valence-corrected chi connectivity index (χ0v) is 18.6. The van der Waals surface area contributed by atoms with Gasteiger partial charge >= 0.3 is 6.18 Å². The van der Waals surface area contributed by atoms with Gasteiger partial charge in [0.25, 0.3) is 0 Å². The van der Waals surface area contributed by atoms with Crippen LogP contribution in [0.1, 0.15) is 31.7 Å². The van der Waals surface area contributed by atoms with E-state index in [1.807, 2.05) is 30.8 Å². The molecule has 2 aromatic rings. The third-order valence-corrected chi connectivity index (χ3v) is 5.47. The van der Waals surface area contributed by atoms with Crippen LogP contribution >= 0.6 is 11.8 Å². The second-order valence-electron chi connectivity index (χ2n) is 6.85. The third-order valence-electron chi connectivity index (χ3n) is 4.44. The average molecular weight is 452 g/mol. The molecule has 0 aromatic carbocycles. The van der Waals surface area contributed by atoms with Gasteiger partial charge in [-0.1, -0.05) is 26.8 Å². The minimum atomic E-state index is -4.54. The Morgan fingerprint density at radius 2 is 1.94 bits per heavy atom. The lowest BCUT2D eigenvalue weighted by Gasteiger charge is -2.18. The lowest BCUT2D eigenvalue weighted by atomic mass is 10.2. The van der Waals surface area contributed by atoms with Crippen LogP contribution in [0.15, 0.2) is 51.3 Å². The number of halogens is 3. The maximum absolute atomic E-state index is 13.1. The van der Waals surface area contributed by atoms with Crippen LogP contribution in [-0.4, -0.2) is 55.4 Å². The molecule has 3 rings (SSSR count). The van der Waals surface area contributed by atoms with Crippen molar-refractivity contribution in [3.63, 3.8) is 0 Å². The summed E-state index contributed by atoms with van der Waals surface area (Å²) in [7, 11) is 3.40. The largest absolute Gasteiger partial charge is 0.418 e. The highest BCUT2D eigenvalue weighted by Gasteiger charge is 2.34. The van der Waals surface area contributed by atoms with Crippen molar-refractivity contribution in [2.24, 2.45) is 17.1 Å². The van der Waals surface area contributed by atoms with Gasteiger partial charge in [0.05, 0.1) is 23.2 Å². The van der Waals surface area contributed by atoms with Gasteiger partial charge in [-0.2, -0.15) is 23.4 Å². The van der Waals surface area contributed by atoms with Crippen LogP contribution in [0.2, 0.25) is 0 Å². The standard InChI is InChI=1S/C20H24F3N7S/c1-6-8-15-9-10-30(27-15)19-26-16(18(28(19)4)31-7-2)17-25-13(3)11-14(20(21,22)23)12-24-29(17)5/h9-12H,3,6-8H2,1-2,4-5H3/b14-11+,24-12-,25-17?. The summed E-state index contributed by atoms with van der Waals surface area (Å²) >= 11 is 1.55. The van der Waals surface area contributed by atoms with E-state index in [1.54, 1.807) is 16.4 Å². The SMILES string of the molecule is C=C1/C=C(C(F)(F)F)\C=N/N(C)C(c2nc(-n3ccc(CCC)n3)n(C)c2SCC)=N1. The van der Waals surface area contributed by atoms with E-state index in [0.29, 0.717) is 17.5 Å². The number of hydrazone groups is 1. The van der Waals surface area contributed by atoms with Crippen molar-refractivity contribution in [1.82, 2.24) is 24.3 Å². The van der Waals surface area contributed by atoms with Crippen LogP contribution in [0.25, 0.3) is 5.95 Å². The van der Waals surface area contributed by atoms with Gasteiger partial charge in [0.2, 0.25) is 5.95 Å². The van der Waals surface area contributed by atoms with Crippen molar-refractivity contribution in [2.75, 3.05) is 12.8 Å². The summed E-state index contributed by atoms with van der Waals surface area (Å²) in [6, 6.07) is 1.94. The molecule has 2 aromatic heterocycles. The monoisotopic (exact) mass is 451 g/mol. The number of thioether (sulfide) groups is 1. The van der Waals surface area contributed by atoms with E-state index in [-0.39, 0.29) is 5.70 Å². The molecule has 0 N–H and O–H groups in total. The Hall–Kier alpha value is -2.82. The molecule has 3 heterocycles. The van der Waals surface area contributed by atoms with Gasteiger partial charge in [-0.05, 0) is 24.3 Å². The van der Waals surface area contributed by atoms with Crippen molar-refractivity contribution >= 4 is 23.8 Å². The second kappa shape index (κ2) is 9.13. The summed E-state index contributed by atoms with van der Waals surface area (Å²) in [5.41, 5.74) is 0.503. The molecule has 0 bridgehead atoms. The van der Waals surface area contributed by atoms with Crippen LogP contribution in [0.3, 0.4) is 0 Å². The molecule has 1 aliphatic rings. The third kappa shape index (κ3) is 4.92. The summed E-state index contributed by atoms with van der Waals surface area (Å²) in [5, 5.41) is 10.6. The molecule has 0 saturated carbocycles. The lowest BCUT2D eigenvalue weighted by Crippen LogP contribution is -2.26. The molecule has 7 nitrogen and oxygen atoms in total. The average Bonchev–Trinajstić information content (AvgIpc) is 3.27. The van der Waals surface area contributed by atoms with Gasteiger partial charge in [-0.15, -0.1) is 11.8 Å². The summed E-state index contributed by atoms with van der Waals surface area (Å²) in [6.45, 7) is 7.76. The Balaban J connectivity index is 2.10. The first-order valence-electron chi connectivity index (χ1n) is 9.74. The molecule has 31 heavy (non-hydrogen) atoms. The number of alkyl halides is 3. The molecule has 0 amide bonds. The molecular formula is C20H24F3N7S. The predicted octanol–water partition coefficient (Wildman–Crippen LogP) is 4.35. The molecule has 0 fully saturated rings. The molecule has 0 aliphatic carbocycles. The Kier molecular flexibility index (Phi) is 6.73. The zero-order chi connectivity index (χ0) is 22.8. The van der Waals surface area contributed by atoms with E-state index >= 15 is 0 Å². The molecular weight excluding hydrogens is 427 g/mol. The number of aryl methyl sites for hydroxylation is 1. The lowest BCUT2D eigenvalue weighted by molar-refractivity contribution is -0.0857. The normalized spacial score (nSPS) is 17.8. The van der Waals surface area contributed by atoms with Crippen molar-refractivity contribution in [2.45, 2.75) is 37.9 Å². The number of allylic oxidation sites excluding steroid dienone is 2. The fourth-order valence-corrected chi connectivity index (χ4v) is 3.83. The van der Waals surface area contributed by atoms with Gasteiger partial charge in [0.1, 0.15) is 10.7 Å². The van der Waals surface area contributed by atoms with Gasteiger partial charge in [0, 0.05) is 20.3 Å². The molecule has 0 unspecified atom stereocenters. The Morgan fingerprint density at radius 3 is 2.58 bits per heavy atom. The summed E-state index contributed by atoms with van der Waals surface area (Å²) < 4.78 is 43.0. The number of rotatable bonds is 6. The van der Waals surface area contributed by atoms with Gasteiger partial charge in [-0.25, -0.2) is 19.7 Å². The molecule has 0 spiro atoms. The van der Waals surface area contributed by atoms with Gasteiger partial charge in [-0.3, -0.25) is 0 Å². The number of amidine groups is 1. The number of nitrogens with zero attached hydrogens (tertiary/aromatic N) is 7. The van der Waals surface area contributed by atoms with Crippen LogP contribution < -0.4 is 0 Å². The van der Waals surface area contributed by atoms with Crippen LogP contribution in [-0.2, 0) is 13.5 Å². The fourth-order valence-electron chi connectivity index (χ4n) is 3.01. The molecule has 11 heteroatoms. The minimum absolute atomic E-state index is 0.0377.